The summed E-state index contributed by atoms with van der Waals surface area (Å²) in [4.78, 5) is 11.1. The number of rotatable bonds is 7. The predicted octanol–water partition coefficient (Wildman–Crippen LogP) is 4.27. The number of aromatic nitrogens is 2. The van der Waals surface area contributed by atoms with E-state index in [1.807, 2.05) is 30.3 Å². The molecule has 8 nitrogen and oxygen atoms in total. The van der Waals surface area contributed by atoms with Gasteiger partial charge in [0.1, 0.15) is 5.02 Å². The molecule has 0 aliphatic carbocycles. The van der Waals surface area contributed by atoms with Crippen molar-refractivity contribution >= 4 is 51.7 Å². The molecule has 168 valence electrons. The Balaban J connectivity index is 1.54. The fourth-order valence-electron chi connectivity index (χ4n) is 3.73. The minimum Gasteiger partial charge on any atom is -0.760 e. The second-order valence-corrected chi connectivity index (χ2v) is 8.74. The predicted molar refractivity (Wildman–Crippen MR) is 128 cm³/mol. The zero-order chi connectivity index (χ0) is 22.5. The molecule has 10 heteroatoms. The molecule has 32 heavy (non-hydrogen) atoms. The molecular formula is C22H24ClN6O2S-. The number of aryl methyl sites for hydroxylation is 1. The summed E-state index contributed by atoms with van der Waals surface area (Å²) in [7, 11) is 2.12. The Hall–Kier alpha value is -2.72. The van der Waals surface area contributed by atoms with Gasteiger partial charge in [-0.15, -0.1) is 0 Å². The molecule has 0 amide bonds. The van der Waals surface area contributed by atoms with Crippen LogP contribution in [0.25, 0.3) is 0 Å². The maximum atomic E-state index is 10.9. The number of anilines is 5. The van der Waals surface area contributed by atoms with E-state index in [0.717, 1.165) is 24.2 Å². The first-order chi connectivity index (χ1) is 15.5. The number of halogens is 1. The molecule has 3 N–H and O–H groups in total. The number of benzene rings is 2. The zero-order valence-corrected chi connectivity index (χ0v) is 19.2. The van der Waals surface area contributed by atoms with Crippen LogP contribution < -0.4 is 20.3 Å². The average molecular weight is 472 g/mol. The lowest BCUT2D eigenvalue weighted by molar-refractivity contribution is 0.522. The van der Waals surface area contributed by atoms with Gasteiger partial charge in [0.2, 0.25) is 5.95 Å². The molecule has 2 heterocycles. The van der Waals surface area contributed by atoms with Crippen LogP contribution in [0.1, 0.15) is 24.0 Å². The highest BCUT2D eigenvalue weighted by Crippen LogP contribution is 2.30. The summed E-state index contributed by atoms with van der Waals surface area (Å²) in [5.41, 5.74) is 4.94. The van der Waals surface area contributed by atoms with Gasteiger partial charge in [-0.25, -0.2) is 9.71 Å². The van der Waals surface area contributed by atoms with Crippen LogP contribution in [0.5, 0.6) is 0 Å². The summed E-state index contributed by atoms with van der Waals surface area (Å²) in [5.74, 6) is 0.837. The van der Waals surface area contributed by atoms with Crippen molar-refractivity contribution in [3.8, 4) is 0 Å². The second-order valence-electron chi connectivity index (χ2n) is 7.58. The van der Waals surface area contributed by atoms with Crippen molar-refractivity contribution in [2.24, 2.45) is 0 Å². The highest BCUT2D eigenvalue weighted by Gasteiger charge is 2.14. The minimum absolute atomic E-state index is 0.149. The Kier molecular flexibility index (Phi) is 7.21. The van der Waals surface area contributed by atoms with Gasteiger partial charge in [-0.3, -0.25) is 4.21 Å². The lowest BCUT2D eigenvalue weighted by Gasteiger charge is -2.20. The van der Waals surface area contributed by atoms with Gasteiger partial charge in [0.05, 0.1) is 6.20 Å². The Morgan fingerprint density at radius 1 is 1.19 bits per heavy atom. The van der Waals surface area contributed by atoms with Crippen LogP contribution in [0, 0.1) is 0 Å². The van der Waals surface area contributed by atoms with E-state index < -0.39 is 11.3 Å². The molecule has 0 radical (unpaired) electrons. The van der Waals surface area contributed by atoms with Gasteiger partial charge >= 0.3 is 0 Å². The first kappa shape index (κ1) is 22.5. The number of fused-ring (bicyclic) bond motifs is 1. The van der Waals surface area contributed by atoms with Crippen molar-refractivity contribution in [3.05, 3.63) is 64.8 Å². The van der Waals surface area contributed by atoms with Crippen LogP contribution in [-0.2, 0) is 24.2 Å². The number of hydrogen-bond donors (Lipinski definition) is 3. The van der Waals surface area contributed by atoms with Gasteiger partial charge in [-0.1, -0.05) is 29.8 Å². The molecular weight excluding hydrogens is 448 g/mol. The van der Waals surface area contributed by atoms with E-state index >= 15 is 0 Å². The molecule has 0 saturated carbocycles. The summed E-state index contributed by atoms with van der Waals surface area (Å²) < 4.78 is 24.1. The molecule has 1 unspecified atom stereocenters. The summed E-state index contributed by atoms with van der Waals surface area (Å²) in [6, 6.07) is 13.6. The highest BCUT2D eigenvalue weighted by molar-refractivity contribution is 7.77. The number of nitrogens with one attached hydrogen (secondary N) is 3. The smallest absolute Gasteiger partial charge is 0.229 e. The number of hydrogen-bond acceptors (Lipinski definition) is 7. The van der Waals surface area contributed by atoms with Gasteiger partial charge < -0.3 is 20.1 Å². The minimum atomic E-state index is -2.35. The Morgan fingerprint density at radius 2 is 2.03 bits per heavy atom. The quantitative estimate of drug-likeness (QED) is 0.442. The van der Waals surface area contributed by atoms with Crippen molar-refractivity contribution < 1.29 is 8.76 Å². The van der Waals surface area contributed by atoms with Crippen LogP contribution in [0.2, 0.25) is 5.02 Å². The molecule has 4 rings (SSSR count). The molecule has 0 spiro atoms. The van der Waals surface area contributed by atoms with Crippen LogP contribution >= 0.6 is 11.6 Å². The summed E-state index contributed by atoms with van der Waals surface area (Å²) in [6.07, 6.45) is 4.93. The van der Waals surface area contributed by atoms with Crippen molar-refractivity contribution in [1.82, 2.24) is 14.7 Å². The third-order valence-corrected chi connectivity index (χ3v) is 5.99. The molecule has 0 bridgehead atoms. The Bertz CT molecular complexity index is 1130. The van der Waals surface area contributed by atoms with Crippen LogP contribution in [0.15, 0.2) is 48.7 Å². The van der Waals surface area contributed by atoms with E-state index in [0.29, 0.717) is 22.5 Å². The first-order valence-electron chi connectivity index (χ1n) is 10.3. The third kappa shape index (κ3) is 5.55. The molecule has 1 aromatic heterocycles. The van der Waals surface area contributed by atoms with E-state index in [4.69, 9.17) is 11.6 Å². The second kappa shape index (κ2) is 10.3. The van der Waals surface area contributed by atoms with Crippen LogP contribution in [-0.4, -0.2) is 32.3 Å². The van der Waals surface area contributed by atoms with Crippen LogP contribution in [0.3, 0.4) is 0 Å². The molecule has 0 fully saturated rings. The van der Waals surface area contributed by atoms with Gasteiger partial charge in [-0.05, 0) is 54.7 Å². The molecule has 2 aromatic carbocycles. The Labute approximate surface area is 194 Å². The molecule has 1 aliphatic rings. The van der Waals surface area contributed by atoms with Crippen LogP contribution in [0.4, 0.5) is 28.8 Å². The van der Waals surface area contributed by atoms with Crippen molar-refractivity contribution in [1.29, 1.82) is 0 Å². The van der Waals surface area contributed by atoms with Gasteiger partial charge in [0, 0.05) is 48.5 Å². The largest absolute Gasteiger partial charge is 0.760 e. The Morgan fingerprint density at radius 3 is 2.88 bits per heavy atom. The van der Waals surface area contributed by atoms with Crippen molar-refractivity contribution in [2.45, 2.75) is 25.8 Å². The van der Waals surface area contributed by atoms with Gasteiger partial charge in [0.15, 0.2) is 5.82 Å². The van der Waals surface area contributed by atoms with Gasteiger partial charge in [-0.2, -0.15) is 4.98 Å². The maximum absolute atomic E-state index is 10.9. The SMILES string of the molecule is CN1CCCCc2cc(Nc3ncc(Cl)c(Nc4ccccc4CNS(=O)[O-])n3)ccc21. The summed E-state index contributed by atoms with van der Waals surface area (Å²) in [5, 5.41) is 6.80. The highest BCUT2D eigenvalue weighted by atomic mass is 35.5. The summed E-state index contributed by atoms with van der Waals surface area (Å²) in [6.45, 7) is 1.22. The topological polar surface area (TPSA) is 105 Å². The van der Waals surface area contributed by atoms with E-state index in [9.17, 15) is 8.76 Å². The van der Waals surface area contributed by atoms with E-state index in [-0.39, 0.29) is 6.54 Å². The first-order valence-corrected chi connectivity index (χ1v) is 11.8. The summed E-state index contributed by atoms with van der Waals surface area (Å²) >= 11 is 3.97. The standard InChI is InChI=1S/C22H25ClN6O2S/c1-29-11-5-4-6-15-12-17(9-10-20(15)29)26-22-24-14-18(23)21(28-22)27-19-8-3-2-7-16(19)13-25-32(30)31/h2-3,7-10,12,14,25H,4-6,11,13H2,1H3,(H,30,31)(H2,24,26,27,28)/p-1. The lowest BCUT2D eigenvalue weighted by Crippen LogP contribution is -2.17. The zero-order valence-electron chi connectivity index (χ0n) is 17.6. The average Bonchev–Trinajstić information content (AvgIpc) is 2.96. The maximum Gasteiger partial charge on any atom is 0.229 e. The number of para-hydroxylation sites is 1. The fourth-order valence-corrected chi connectivity index (χ4v) is 4.14. The lowest BCUT2D eigenvalue weighted by atomic mass is 10.1. The molecule has 3 aromatic rings. The van der Waals surface area contributed by atoms with E-state index in [1.54, 1.807) is 0 Å². The van der Waals surface area contributed by atoms with Crippen molar-refractivity contribution in [2.75, 3.05) is 29.1 Å². The molecule has 1 atom stereocenters. The fraction of sp³-hybridized carbons (Fsp3) is 0.273. The monoisotopic (exact) mass is 471 g/mol. The molecule has 1 aliphatic heterocycles. The van der Waals surface area contributed by atoms with E-state index in [1.165, 1.54) is 30.3 Å². The third-order valence-electron chi connectivity index (χ3n) is 5.33. The molecule has 0 saturated heterocycles. The van der Waals surface area contributed by atoms with Crippen molar-refractivity contribution in [3.63, 3.8) is 0 Å². The van der Waals surface area contributed by atoms with Gasteiger partial charge in [0.25, 0.3) is 0 Å². The number of nitrogens with zero attached hydrogens (tertiary/aromatic N) is 3. The normalized spacial score (nSPS) is 14.4. The van der Waals surface area contributed by atoms with E-state index in [2.05, 4.69) is 49.4 Å².